The fourth-order valence-corrected chi connectivity index (χ4v) is 4.77. The molecule has 4 heteroatoms. The van der Waals surface area contributed by atoms with Crippen LogP contribution in [0.25, 0.3) is 0 Å². The predicted octanol–water partition coefficient (Wildman–Crippen LogP) is 9.10. The highest BCUT2D eigenvalue weighted by atomic mass is 19.1. The summed E-state index contributed by atoms with van der Waals surface area (Å²) in [6.45, 7) is 27.3. The van der Waals surface area contributed by atoms with Gasteiger partial charge in [-0.2, -0.15) is 0 Å². The van der Waals surface area contributed by atoms with E-state index >= 15 is 0 Å². The number of hydrogen-bond acceptors (Lipinski definition) is 3. The van der Waals surface area contributed by atoms with E-state index in [2.05, 4.69) is 78.2 Å². The van der Waals surface area contributed by atoms with Gasteiger partial charge in [-0.25, -0.2) is 4.39 Å². The number of halogens is 1. The third kappa shape index (κ3) is 8.51. The van der Waals surface area contributed by atoms with Crippen molar-refractivity contribution in [2.45, 2.75) is 99.5 Å². The molecule has 0 saturated carbocycles. The van der Waals surface area contributed by atoms with E-state index in [-0.39, 0.29) is 16.9 Å². The van der Waals surface area contributed by atoms with Gasteiger partial charge in [0, 0.05) is 11.1 Å². The van der Waals surface area contributed by atoms with Gasteiger partial charge in [-0.1, -0.05) is 76.6 Å². The molecular formula is C34H52FN3. The standard InChI is InChI=1S/C34H52FN3/c1-12-29(35)32(19-23(4)5)38-31(21-30(37)26(9)22-36)27-15-16-28(25(8)20-27)34(14-3,24(6)7)18-17-33(10,11)13-2/h12,15-16,19-22,31,38H,1,6,13-14,17-18,36-37H2,2-5,7-11H3/b26-22-,30-21+,32-29-. The number of hydrogen-bond donors (Lipinski definition) is 3. The van der Waals surface area contributed by atoms with Crippen LogP contribution in [0.1, 0.15) is 104 Å². The van der Waals surface area contributed by atoms with Crippen molar-refractivity contribution in [1.82, 2.24) is 5.32 Å². The van der Waals surface area contributed by atoms with Gasteiger partial charge in [-0.05, 0) is 106 Å². The Morgan fingerprint density at radius 3 is 2.18 bits per heavy atom. The maximum absolute atomic E-state index is 14.8. The maximum atomic E-state index is 14.8. The van der Waals surface area contributed by atoms with Crippen LogP contribution in [0.15, 0.2) is 89.7 Å². The molecule has 0 aromatic heterocycles. The first-order chi connectivity index (χ1) is 17.7. The largest absolute Gasteiger partial charge is 0.404 e. The Labute approximate surface area is 232 Å². The second kappa shape index (κ2) is 14.2. The van der Waals surface area contributed by atoms with E-state index in [1.54, 1.807) is 6.08 Å². The van der Waals surface area contributed by atoms with E-state index in [9.17, 15) is 4.39 Å². The highest BCUT2D eigenvalue weighted by Gasteiger charge is 2.34. The fourth-order valence-electron chi connectivity index (χ4n) is 4.77. The number of nitrogens with two attached hydrogens (primary N) is 2. The Morgan fingerprint density at radius 2 is 1.74 bits per heavy atom. The van der Waals surface area contributed by atoms with Gasteiger partial charge in [0.15, 0.2) is 0 Å². The second-order valence-corrected chi connectivity index (χ2v) is 11.6. The maximum Gasteiger partial charge on any atom is 0.145 e. The SMILES string of the molecule is C=C/C(F)=C(\C=C(C)C)NC(/C=C(N)\C(C)=C/N)c1ccc(C(CC)(CCC(C)(C)CC)C(=C)C)c(C)c1. The zero-order chi connectivity index (χ0) is 29.3. The van der Waals surface area contributed by atoms with Crippen LogP contribution in [0.5, 0.6) is 0 Å². The minimum absolute atomic E-state index is 0.103. The quantitative estimate of drug-likeness (QED) is 0.169. The van der Waals surface area contributed by atoms with Crippen molar-refractivity contribution in [1.29, 1.82) is 0 Å². The molecule has 1 aromatic rings. The molecule has 0 radical (unpaired) electrons. The molecule has 0 aliphatic heterocycles. The zero-order valence-corrected chi connectivity index (χ0v) is 25.4. The van der Waals surface area contributed by atoms with Crippen LogP contribution in [0.4, 0.5) is 4.39 Å². The average molecular weight is 522 g/mol. The molecule has 0 aliphatic rings. The number of nitrogens with one attached hydrogen (secondary N) is 1. The molecule has 0 aliphatic carbocycles. The minimum Gasteiger partial charge on any atom is -0.404 e. The number of benzene rings is 1. The smallest absolute Gasteiger partial charge is 0.145 e. The Hall–Kier alpha value is -3.01. The first kappa shape index (κ1) is 33.0. The van der Waals surface area contributed by atoms with E-state index < -0.39 is 5.83 Å². The van der Waals surface area contributed by atoms with Crippen LogP contribution in [0.2, 0.25) is 0 Å². The molecule has 38 heavy (non-hydrogen) atoms. The summed E-state index contributed by atoms with van der Waals surface area (Å²) < 4.78 is 14.8. The Kier molecular flexibility index (Phi) is 12.4. The molecule has 1 rings (SSSR count). The lowest BCUT2D eigenvalue weighted by atomic mass is 9.66. The minimum atomic E-state index is -0.423. The van der Waals surface area contributed by atoms with Crippen LogP contribution in [0, 0.1) is 12.3 Å². The van der Waals surface area contributed by atoms with E-state index in [0.717, 1.165) is 42.4 Å². The lowest BCUT2D eigenvalue weighted by Gasteiger charge is -2.39. The molecule has 210 valence electrons. The molecular weight excluding hydrogens is 469 g/mol. The van der Waals surface area contributed by atoms with Gasteiger partial charge in [0.25, 0.3) is 0 Å². The monoisotopic (exact) mass is 521 g/mol. The lowest BCUT2D eigenvalue weighted by Crippen LogP contribution is -2.30. The summed E-state index contributed by atoms with van der Waals surface area (Å²) in [6, 6.07) is 6.15. The van der Waals surface area contributed by atoms with Crippen molar-refractivity contribution in [3.63, 3.8) is 0 Å². The molecule has 0 spiro atoms. The molecule has 0 bridgehead atoms. The summed E-state index contributed by atoms with van der Waals surface area (Å²) in [5.74, 6) is -0.423. The van der Waals surface area contributed by atoms with Gasteiger partial charge in [0.1, 0.15) is 5.83 Å². The van der Waals surface area contributed by atoms with Gasteiger partial charge in [0.2, 0.25) is 0 Å². The summed E-state index contributed by atoms with van der Waals surface area (Å²) in [4.78, 5) is 0. The highest BCUT2D eigenvalue weighted by Crippen LogP contribution is 2.44. The Bertz CT molecular complexity index is 1110. The average Bonchev–Trinajstić information content (AvgIpc) is 2.87. The topological polar surface area (TPSA) is 64.1 Å². The summed E-state index contributed by atoms with van der Waals surface area (Å²) >= 11 is 0. The van der Waals surface area contributed by atoms with Crippen LogP contribution in [0.3, 0.4) is 0 Å². The Morgan fingerprint density at radius 1 is 1.11 bits per heavy atom. The first-order valence-electron chi connectivity index (χ1n) is 13.7. The van der Waals surface area contributed by atoms with Gasteiger partial charge < -0.3 is 16.8 Å². The van der Waals surface area contributed by atoms with Crippen LogP contribution >= 0.6 is 0 Å². The van der Waals surface area contributed by atoms with Crippen molar-refractivity contribution >= 4 is 0 Å². The molecule has 5 N–H and O–H groups in total. The number of rotatable bonds is 14. The van der Waals surface area contributed by atoms with Gasteiger partial charge in [0.05, 0.1) is 11.7 Å². The van der Waals surface area contributed by atoms with Crippen LogP contribution < -0.4 is 16.8 Å². The molecule has 3 nitrogen and oxygen atoms in total. The third-order valence-electron chi connectivity index (χ3n) is 7.96. The zero-order valence-electron chi connectivity index (χ0n) is 25.4. The summed E-state index contributed by atoms with van der Waals surface area (Å²) in [7, 11) is 0. The normalized spacial score (nSPS) is 15.7. The number of aryl methyl sites for hydroxylation is 1. The molecule has 2 unspecified atom stereocenters. The number of allylic oxidation sites excluding steroid dienone is 6. The highest BCUT2D eigenvalue weighted by molar-refractivity contribution is 5.45. The Balaban J connectivity index is 3.73. The van der Waals surface area contributed by atoms with Gasteiger partial charge in [-0.3, -0.25) is 0 Å². The predicted molar refractivity (Wildman–Crippen MR) is 165 cm³/mol. The molecule has 0 fully saturated rings. The van der Waals surface area contributed by atoms with Crippen molar-refractivity contribution < 1.29 is 4.39 Å². The molecule has 0 saturated heterocycles. The van der Waals surface area contributed by atoms with Crippen molar-refractivity contribution in [3.05, 3.63) is 106 Å². The summed E-state index contributed by atoms with van der Waals surface area (Å²) in [5.41, 5.74) is 19.5. The van der Waals surface area contributed by atoms with Gasteiger partial charge >= 0.3 is 0 Å². The van der Waals surface area contributed by atoms with E-state index in [4.69, 9.17) is 11.5 Å². The fraction of sp³-hybridized carbons (Fsp3) is 0.471. The van der Waals surface area contributed by atoms with Crippen LogP contribution in [-0.4, -0.2) is 0 Å². The molecule has 1 aromatic carbocycles. The molecule has 0 heterocycles. The summed E-state index contributed by atoms with van der Waals surface area (Å²) in [5, 5.41) is 3.35. The van der Waals surface area contributed by atoms with E-state index in [1.165, 1.54) is 29.0 Å². The lowest BCUT2D eigenvalue weighted by molar-refractivity contribution is 0.273. The second-order valence-electron chi connectivity index (χ2n) is 11.6. The van der Waals surface area contributed by atoms with E-state index in [1.807, 2.05) is 26.8 Å². The van der Waals surface area contributed by atoms with Gasteiger partial charge in [-0.15, -0.1) is 0 Å². The van der Waals surface area contributed by atoms with Crippen molar-refractivity contribution in [3.8, 4) is 0 Å². The van der Waals surface area contributed by atoms with Crippen molar-refractivity contribution in [2.75, 3.05) is 0 Å². The first-order valence-corrected chi connectivity index (χ1v) is 13.7. The van der Waals surface area contributed by atoms with Crippen molar-refractivity contribution in [2.24, 2.45) is 16.9 Å². The molecule has 0 amide bonds. The molecule has 2 atom stereocenters. The summed E-state index contributed by atoms with van der Waals surface area (Å²) in [6.07, 6.45) is 10.7. The third-order valence-corrected chi connectivity index (χ3v) is 7.96. The van der Waals surface area contributed by atoms with Crippen LogP contribution in [-0.2, 0) is 5.41 Å². The van der Waals surface area contributed by atoms with E-state index in [0.29, 0.717) is 11.4 Å².